The molecule has 2 aliphatic heterocycles. The molecule has 0 unspecified atom stereocenters. The lowest BCUT2D eigenvalue weighted by Crippen LogP contribution is -2.54. The lowest BCUT2D eigenvalue weighted by Gasteiger charge is -2.34. The van der Waals surface area contributed by atoms with Gasteiger partial charge in [-0.25, -0.2) is 8.42 Å². The van der Waals surface area contributed by atoms with Crippen molar-refractivity contribution >= 4 is 38.5 Å². The Kier molecular flexibility index (Phi) is 5.03. The highest BCUT2D eigenvalue weighted by Gasteiger charge is 2.33. The van der Waals surface area contributed by atoms with Gasteiger partial charge in [0.15, 0.2) is 9.84 Å². The Labute approximate surface area is 168 Å². The Morgan fingerprint density at radius 2 is 1.72 bits per heavy atom. The zero-order valence-electron chi connectivity index (χ0n) is 15.8. The molecular formula is C19H22N4O5S. The molecule has 1 atom stereocenters. The quantitative estimate of drug-likeness (QED) is 0.652. The molecule has 0 bridgehead atoms. The van der Waals surface area contributed by atoms with Gasteiger partial charge in [-0.3, -0.25) is 14.4 Å². The average molecular weight is 418 g/mol. The van der Waals surface area contributed by atoms with Crippen molar-refractivity contribution in [1.82, 2.24) is 20.1 Å². The number of sulfone groups is 1. The fourth-order valence-corrected chi connectivity index (χ4v) is 5.44. The number of aromatic nitrogens is 1. The summed E-state index contributed by atoms with van der Waals surface area (Å²) in [7, 11) is -3.13. The minimum absolute atomic E-state index is 0.0285. The number of fused-ring (bicyclic) bond motifs is 1. The smallest absolute Gasteiger partial charge is 0.312 e. The van der Waals surface area contributed by atoms with Crippen LogP contribution in [-0.2, 0) is 19.4 Å². The molecule has 0 radical (unpaired) electrons. The fraction of sp³-hybridized carbons (Fsp3) is 0.421. The first-order valence-electron chi connectivity index (χ1n) is 9.50. The molecule has 2 aliphatic rings. The van der Waals surface area contributed by atoms with Crippen LogP contribution < -0.4 is 5.32 Å². The van der Waals surface area contributed by atoms with Crippen molar-refractivity contribution in [2.45, 2.75) is 12.5 Å². The van der Waals surface area contributed by atoms with E-state index < -0.39 is 27.7 Å². The van der Waals surface area contributed by atoms with E-state index in [1.165, 1.54) is 4.90 Å². The first kappa shape index (κ1) is 19.4. The van der Waals surface area contributed by atoms with E-state index in [4.69, 9.17) is 0 Å². The monoisotopic (exact) mass is 418 g/mol. The summed E-state index contributed by atoms with van der Waals surface area (Å²) in [6.07, 6.45) is 0.328. The lowest BCUT2D eigenvalue weighted by molar-refractivity contribution is -0.147. The fourth-order valence-electron chi connectivity index (χ4n) is 3.77. The van der Waals surface area contributed by atoms with Gasteiger partial charge in [0.1, 0.15) is 5.69 Å². The molecule has 9 nitrogen and oxygen atoms in total. The maximum atomic E-state index is 12.7. The summed E-state index contributed by atoms with van der Waals surface area (Å²) >= 11 is 0. The van der Waals surface area contributed by atoms with Crippen LogP contribution in [0.15, 0.2) is 30.3 Å². The van der Waals surface area contributed by atoms with Gasteiger partial charge in [0.25, 0.3) is 5.91 Å². The number of carbonyl (C=O) groups excluding carboxylic acids is 3. The highest BCUT2D eigenvalue weighted by atomic mass is 32.2. The van der Waals surface area contributed by atoms with Crippen LogP contribution in [0.5, 0.6) is 0 Å². The Bertz CT molecular complexity index is 1040. The Morgan fingerprint density at radius 1 is 1.03 bits per heavy atom. The molecule has 1 aromatic heterocycles. The normalized spacial score (nSPS) is 21.3. The molecule has 4 rings (SSSR count). The topological polar surface area (TPSA) is 120 Å². The molecule has 10 heteroatoms. The van der Waals surface area contributed by atoms with Crippen molar-refractivity contribution in [2.75, 3.05) is 37.7 Å². The number of aromatic amines is 1. The zero-order chi connectivity index (χ0) is 20.6. The standard InChI is InChI=1S/C19H22N4O5S/c24-17(20-14-5-10-29(27,28)12-14)19(26)23-8-6-22(7-9-23)18(25)16-11-13-3-1-2-4-15(13)21-16/h1-4,11,14,21H,5-10,12H2,(H,20,24)/t14-/m0/s1. The van der Waals surface area contributed by atoms with Gasteiger partial charge in [0.05, 0.1) is 11.5 Å². The van der Waals surface area contributed by atoms with Gasteiger partial charge in [-0.1, -0.05) is 18.2 Å². The predicted molar refractivity (Wildman–Crippen MR) is 106 cm³/mol. The average Bonchev–Trinajstić information content (AvgIpc) is 3.29. The molecule has 2 aromatic rings. The predicted octanol–water partition coefficient (Wildman–Crippen LogP) is -0.244. The van der Waals surface area contributed by atoms with Crippen LogP contribution in [0.3, 0.4) is 0 Å². The highest BCUT2D eigenvalue weighted by Crippen LogP contribution is 2.17. The van der Waals surface area contributed by atoms with Gasteiger partial charge in [-0.15, -0.1) is 0 Å². The molecule has 154 valence electrons. The minimum Gasteiger partial charge on any atom is -0.351 e. The maximum Gasteiger partial charge on any atom is 0.312 e. The summed E-state index contributed by atoms with van der Waals surface area (Å²) in [5.41, 5.74) is 1.38. The van der Waals surface area contributed by atoms with E-state index in [2.05, 4.69) is 10.3 Å². The third kappa shape index (κ3) is 4.12. The van der Waals surface area contributed by atoms with E-state index >= 15 is 0 Å². The van der Waals surface area contributed by atoms with Gasteiger partial charge in [0.2, 0.25) is 0 Å². The van der Waals surface area contributed by atoms with E-state index in [-0.39, 0.29) is 30.5 Å². The molecule has 2 saturated heterocycles. The molecular weight excluding hydrogens is 396 g/mol. The molecule has 1 aromatic carbocycles. The van der Waals surface area contributed by atoms with E-state index in [1.54, 1.807) is 11.0 Å². The summed E-state index contributed by atoms with van der Waals surface area (Å²) in [5.74, 6) is -1.72. The van der Waals surface area contributed by atoms with Crippen LogP contribution in [0, 0.1) is 0 Å². The number of H-pyrrole nitrogens is 1. The minimum atomic E-state index is -3.13. The summed E-state index contributed by atoms with van der Waals surface area (Å²) < 4.78 is 23.0. The van der Waals surface area contributed by atoms with E-state index in [0.29, 0.717) is 25.2 Å². The molecule has 0 spiro atoms. The van der Waals surface area contributed by atoms with Gasteiger partial charge >= 0.3 is 11.8 Å². The van der Waals surface area contributed by atoms with Crippen molar-refractivity contribution in [3.63, 3.8) is 0 Å². The number of hydrogen-bond acceptors (Lipinski definition) is 5. The summed E-state index contributed by atoms with van der Waals surface area (Å²) in [4.78, 5) is 43.4. The molecule has 3 heterocycles. The van der Waals surface area contributed by atoms with Crippen LogP contribution in [0.4, 0.5) is 0 Å². The molecule has 2 fully saturated rings. The molecule has 2 N–H and O–H groups in total. The van der Waals surface area contributed by atoms with E-state index in [1.807, 2.05) is 24.3 Å². The SMILES string of the molecule is O=C(N[C@H]1CCS(=O)(=O)C1)C(=O)N1CCN(C(=O)c2cc3ccccc3[nH]2)CC1. The Balaban J connectivity index is 1.32. The largest absolute Gasteiger partial charge is 0.351 e. The number of para-hydroxylation sites is 1. The molecule has 0 saturated carbocycles. The third-order valence-corrected chi connectivity index (χ3v) is 7.14. The summed E-state index contributed by atoms with van der Waals surface area (Å²) in [5, 5.41) is 3.47. The number of piperazine rings is 1. The lowest BCUT2D eigenvalue weighted by atomic mass is 10.2. The van der Waals surface area contributed by atoms with Crippen molar-refractivity contribution in [1.29, 1.82) is 0 Å². The van der Waals surface area contributed by atoms with Gasteiger partial charge in [-0.2, -0.15) is 0 Å². The van der Waals surface area contributed by atoms with Crippen LogP contribution in [0.2, 0.25) is 0 Å². The van der Waals surface area contributed by atoms with Crippen molar-refractivity contribution in [3.8, 4) is 0 Å². The second-order valence-electron chi connectivity index (χ2n) is 7.43. The van der Waals surface area contributed by atoms with Gasteiger partial charge in [0, 0.05) is 43.1 Å². The van der Waals surface area contributed by atoms with Crippen LogP contribution >= 0.6 is 0 Å². The third-order valence-electron chi connectivity index (χ3n) is 5.38. The molecule has 0 aliphatic carbocycles. The molecule has 3 amide bonds. The summed E-state index contributed by atoms with van der Waals surface area (Å²) in [6.45, 7) is 1.15. The van der Waals surface area contributed by atoms with Crippen LogP contribution in [-0.4, -0.2) is 84.6 Å². The number of benzene rings is 1. The van der Waals surface area contributed by atoms with Crippen molar-refractivity contribution in [3.05, 3.63) is 36.0 Å². The van der Waals surface area contributed by atoms with E-state index in [0.717, 1.165) is 10.9 Å². The first-order chi connectivity index (χ1) is 13.8. The molecule has 29 heavy (non-hydrogen) atoms. The maximum absolute atomic E-state index is 12.7. The number of rotatable bonds is 2. The number of hydrogen-bond donors (Lipinski definition) is 2. The Hall–Kier alpha value is -2.88. The first-order valence-corrected chi connectivity index (χ1v) is 11.3. The second-order valence-corrected chi connectivity index (χ2v) is 9.66. The van der Waals surface area contributed by atoms with Crippen LogP contribution in [0.1, 0.15) is 16.9 Å². The number of nitrogens with zero attached hydrogens (tertiary/aromatic N) is 2. The van der Waals surface area contributed by atoms with E-state index in [9.17, 15) is 22.8 Å². The van der Waals surface area contributed by atoms with Gasteiger partial charge in [-0.05, 0) is 18.6 Å². The van der Waals surface area contributed by atoms with Gasteiger partial charge < -0.3 is 20.1 Å². The number of nitrogens with one attached hydrogen (secondary N) is 2. The number of carbonyl (C=O) groups is 3. The van der Waals surface area contributed by atoms with Crippen molar-refractivity contribution < 1.29 is 22.8 Å². The van der Waals surface area contributed by atoms with Crippen molar-refractivity contribution in [2.24, 2.45) is 0 Å². The Morgan fingerprint density at radius 3 is 2.38 bits per heavy atom. The number of amides is 3. The second kappa shape index (κ2) is 7.51. The zero-order valence-corrected chi connectivity index (χ0v) is 16.6. The summed E-state index contributed by atoms with van der Waals surface area (Å²) in [6, 6.07) is 8.91. The van der Waals surface area contributed by atoms with Crippen LogP contribution in [0.25, 0.3) is 10.9 Å². The highest BCUT2D eigenvalue weighted by molar-refractivity contribution is 7.91.